The molecule has 0 atom stereocenters. The molecule has 1 aromatic rings. The third-order valence-corrected chi connectivity index (χ3v) is 3.38. The maximum Gasteiger partial charge on any atom is 0.160 e. The molecule has 104 valence electrons. The van der Waals surface area contributed by atoms with Crippen LogP contribution in [0.15, 0.2) is 30.0 Å². The van der Waals surface area contributed by atoms with E-state index in [2.05, 4.69) is 12.1 Å². The SMILES string of the molecule is COc1ccc(CCOC2=CCCCC2)cc1OC. The molecule has 0 aromatic heterocycles. The van der Waals surface area contributed by atoms with Crippen LogP contribution in [0.4, 0.5) is 0 Å². The maximum atomic E-state index is 5.81. The Kier molecular flexibility index (Phi) is 5.13. The summed E-state index contributed by atoms with van der Waals surface area (Å²) in [7, 11) is 3.31. The molecule has 0 saturated heterocycles. The Morgan fingerprint density at radius 3 is 2.58 bits per heavy atom. The molecule has 1 aliphatic carbocycles. The fraction of sp³-hybridized carbons (Fsp3) is 0.500. The molecule has 0 bridgehead atoms. The van der Waals surface area contributed by atoms with E-state index in [4.69, 9.17) is 14.2 Å². The first-order chi connectivity index (χ1) is 9.33. The summed E-state index contributed by atoms with van der Waals surface area (Å²) < 4.78 is 16.3. The minimum Gasteiger partial charge on any atom is -0.498 e. The van der Waals surface area contributed by atoms with Gasteiger partial charge in [-0.3, -0.25) is 0 Å². The van der Waals surface area contributed by atoms with Crippen molar-refractivity contribution in [3.8, 4) is 11.5 Å². The van der Waals surface area contributed by atoms with Crippen LogP contribution in [0.25, 0.3) is 0 Å². The molecule has 0 unspecified atom stereocenters. The van der Waals surface area contributed by atoms with Crippen molar-refractivity contribution in [2.24, 2.45) is 0 Å². The van der Waals surface area contributed by atoms with Crippen molar-refractivity contribution >= 4 is 0 Å². The highest BCUT2D eigenvalue weighted by Gasteiger charge is 2.06. The summed E-state index contributed by atoms with van der Waals surface area (Å²) in [5, 5.41) is 0. The van der Waals surface area contributed by atoms with Gasteiger partial charge in [-0.1, -0.05) is 6.07 Å². The monoisotopic (exact) mass is 262 g/mol. The van der Waals surface area contributed by atoms with Gasteiger partial charge in [-0.05, 0) is 43.0 Å². The van der Waals surface area contributed by atoms with Crippen molar-refractivity contribution in [1.29, 1.82) is 0 Å². The predicted octanol–water partition coefficient (Wildman–Crippen LogP) is 3.72. The second-order valence-electron chi connectivity index (χ2n) is 4.70. The van der Waals surface area contributed by atoms with Crippen LogP contribution in [0.2, 0.25) is 0 Å². The summed E-state index contributed by atoms with van der Waals surface area (Å²) in [4.78, 5) is 0. The van der Waals surface area contributed by atoms with E-state index in [0.717, 1.165) is 43.1 Å². The fourth-order valence-electron chi connectivity index (χ4n) is 2.28. The average molecular weight is 262 g/mol. The lowest BCUT2D eigenvalue weighted by Gasteiger charge is -2.14. The molecule has 1 aliphatic rings. The first kappa shape index (κ1) is 13.8. The van der Waals surface area contributed by atoms with E-state index in [9.17, 15) is 0 Å². The van der Waals surface area contributed by atoms with Crippen LogP contribution in [-0.2, 0) is 11.2 Å². The minimum atomic E-state index is 0.724. The van der Waals surface area contributed by atoms with Crippen molar-refractivity contribution in [1.82, 2.24) is 0 Å². The number of benzene rings is 1. The second-order valence-corrected chi connectivity index (χ2v) is 4.70. The van der Waals surface area contributed by atoms with Crippen molar-refractivity contribution in [2.45, 2.75) is 32.1 Å². The van der Waals surface area contributed by atoms with Gasteiger partial charge >= 0.3 is 0 Å². The topological polar surface area (TPSA) is 27.7 Å². The Balaban J connectivity index is 1.87. The molecule has 0 radical (unpaired) electrons. The molecule has 2 rings (SSSR count). The first-order valence-corrected chi connectivity index (χ1v) is 6.86. The molecule has 0 fully saturated rings. The smallest absolute Gasteiger partial charge is 0.160 e. The van der Waals surface area contributed by atoms with E-state index < -0.39 is 0 Å². The normalized spacial score (nSPS) is 14.7. The van der Waals surface area contributed by atoms with Gasteiger partial charge in [0.2, 0.25) is 0 Å². The Morgan fingerprint density at radius 1 is 1.05 bits per heavy atom. The molecule has 1 aromatic carbocycles. The molecule has 3 nitrogen and oxygen atoms in total. The van der Waals surface area contributed by atoms with Crippen molar-refractivity contribution in [3.05, 3.63) is 35.6 Å². The Bertz CT molecular complexity index is 438. The molecule has 0 N–H and O–H groups in total. The van der Waals surface area contributed by atoms with E-state index in [0.29, 0.717) is 0 Å². The average Bonchev–Trinajstić information content (AvgIpc) is 2.48. The highest BCUT2D eigenvalue weighted by Crippen LogP contribution is 2.27. The van der Waals surface area contributed by atoms with E-state index in [-0.39, 0.29) is 0 Å². The van der Waals surface area contributed by atoms with E-state index in [1.54, 1.807) is 14.2 Å². The summed E-state index contributed by atoms with van der Waals surface area (Å²) in [6.45, 7) is 0.724. The largest absolute Gasteiger partial charge is 0.498 e. The molecule has 0 heterocycles. The fourth-order valence-corrected chi connectivity index (χ4v) is 2.28. The molecular weight excluding hydrogens is 240 g/mol. The van der Waals surface area contributed by atoms with E-state index >= 15 is 0 Å². The van der Waals surface area contributed by atoms with Crippen LogP contribution in [-0.4, -0.2) is 20.8 Å². The van der Waals surface area contributed by atoms with Gasteiger partial charge in [0.25, 0.3) is 0 Å². The minimum absolute atomic E-state index is 0.724. The zero-order chi connectivity index (χ0) is 13.5. The Labute approximate surface area is 115 Å². The zero-order valence-corrected chi connectivity index (χ0v) is 11.8. The third-order valence-electron chi connectivity index (χ3n) is 3.38. The van der Waals surface area contributed by atoms with E-state index in [1.807, 2.05) is 12.1 Å². The number of allylic oxidation sites excluding steroid dienone is 2. The van der Waals surface area contributed by atoms with Crippen LogP contribution < -0.4 is 9.47 Å². The number of hydrogen-bond donors (Lipinski definition) is 0. The van der Waals surface area contributed by atoms with Crippen molar-refractivity contribution < 1.29 is 14.2 Å². The molecular formula is C16H22O3. The van der Waals surface area contributed by atoms with Crippen LogP contribution in [0.3, 0.4) is 0 Å². The standard InChI is InChI=1S/C16H22O3/c1-17-15-9-8-13(12-16(15)18-2)10-11-19-14-6-4-3-5-7-14/h6,8-9,12H,3-5,7,10-11H2,1-2H3. The highest BCUT2D eigenvalue weighted by atomic mass is 16.5. The molecule has 19 heavy (non-hydrogen) atoms. The van der Waals surface area contributed by atoms with Crippen LogP contribution in [0, 0.1) is 0 Å². The van der Waals surface area contributed by atoms with E-state index in [1.165, 1.54) is 18.4 Å². The number of hydrogen-bond acceptors (Lipinski definition) is 3. The Hall–Kier alpha value is -1.64. The van der Waals surface area contributed by atoms with Crippen molar-refractivity contribution in [2.75, 3.05) is 20.8 Å². The highest BCUT2D eigenvalue weighted by molar-refractivity contribution is 5.42. The first-order valence-electron chi connectivity index (χ1n) is 6.86. The summed E-state index contributed by atoms with van der Waals surface area (Å²) >= 11 is 0. The maximum absolute atomic E-state index is 5.81. The Morgan fingerprint density at radius 2 is 1.89 bits per heavy atom. The third kappa shape index (κ3) is 3.91. The number of methoxy groups -OCH3 is 2. The van der Waals surface area contributed by atoms with Crippen LogP contribution >= 0.6 is 0 Å². The molecule has 0 saturated carbocycles. The number of ether oxygens (including phenoxy) is 3. The molecule has 3 heteroatoms. The summed E-state index contributed by atoms with van der Waals surface area (Å²) in [5.74, 6) is 2.70. The summed E-state index contributed by atoms with van der Waals surface area (Å²) in [5.41, 5.74) is 1.20. The number of rotatable bonds is 6. The molecule has 0 aliphatic heterocycles. The summed E-state index contributed by atoms with van der Waals surface area (Å²) in [6, 6.07) is 6.01. The van der Waals surface area contributed by atoms with Gasteiger partial charge < -0.3 is 14.2 Å². The van der Waals surface area contributed by atoms with Gasteiger partial charge in [-0.25, -0.2) is 0 Å². The lowest BCUT2D eigenvalue weighted by atomic mass is 10.1. The lowest BCUT2D eigenvalue weighted by molar-refractivity contribution is 0.198. The lowest BCUT2D eigenvalue weighted by Crippen LogP contribution is -2.02. The molecule has 0 spiro atoms. The van der Waals surface area contributed by atoms with Crippen LogP contribution in [0.5, 0.6) is 11.5 Å². The molecule has 0 amide bonds. The predicted molar refractivity (Wildman–Crippen MR) is 75.8 cm³/mol. The second kappa shape index (κ2) is 7.07. The van der Waals surface area contributed by atoms with Gasteiger partial charge in [0.05, 0.1) is 26.6 Å². The van der Waals surface area contributed by atoms with Crippen LogP contribution in [0.1, 0.15) is 31.2 Å². The van der Waals surface area contributed by atoms with Gasteiger partial charge in [0, 0.05) is 12.8 Å². The zero-order valence-electron chi connectivity index (χ0n) is 11.8. The van der Waals surface area contributed by atoms with Gasteiger partial charge in [-0.2, -0.15) is 0 Å². The van der Waals surface area contributed by atoms with Gasteiger partial charge in [-0.15, -0.1) is 0 Å². The van der Waals surface area contributed by atoms with Gasteiger partial charge in [0.15, 0.2) is 11.5 Å². The summed E-state index contributed by atoms with van der Waals surface area (Å²) in [6.07, 6.45) is 7.90. The van der Waals surface area contributed by atoms with Gasteiger partial charge in [0.1, 0.15) is 0 Å². The van der Waals surface area contributed by atoms with Crippen molar-refractivity contribution in [3.63, 3.8) is 0 Å². The quantitative estimate of drug-likeness (QED) is 0.782.